The van der Waals surface area contributed by atoms with E-state index in [1.807, 2.05) is 0 Å². The van der Waals surface area contributed by atoms with Gasteiger partial charge in [-0.3, -0.25) is 24.5 Å². The number of nitrogens with zero attached hydrogens (tertiary/aromatic N) is 2. The van der Waals surface area contributed by atoms with Crippen molar-refractivity contribution in [1.82, 2.24) is 5.32 Å². The molecule has 1 aliphatic rings. The minimum absolute atomic E-state index is 0.0745. The molecule has 0 bridgehead atoms. The molecule has 0 atom stereocenters. The highest BCUT2D eigenvalue weighted by molar-refractivity contribution is 5.97. The molecule has 0 saturated carbocycles. The molecule has 2 aromatic carbocycles. The first-order valence-electron chi connectivity index (χ1n) is 9.17. The van der Waals surface area contributed by atoms with Crippen LogP contribution in [0, 0.1) is 10.1 Å². The third kappa shape index (κ3) is 5.16. The van der Waals surface area contributed by atoms with Crippen LogP contribution in [0.25, 0.3) is 0 Å². The minimum atomic E-state index is -0.540. The highest BCUT2D eigenvalue weighted by Gasteiger charge is 2.21. The van der Waals surface area contributed by atoms with E-state index in [-0.39, 0.29) is 36.0 Å². The van der Waals surface area contributed by atoms with Gasteiger partial charge < -0.3 is 15.5 Å². The summed E-state index contributed by atoms with van der Waals surface area (Å²) in [6, 6.07) is 12.3. The summed E-state index contributed by atoms with van der Waals surface area (Å²) >= 11 is 0. The Hall–Kier alpha value is -3.75. The Balaban J connectivity index is 1.44. The average Bonchev–Trinajstić information content (AvgIpc) is 3.14. The molecule has 2 aromatic rings. The topological polar surface area (TPSA) is 122 Å². The molecule has 9 nitrogen and oxygen atoms in total. The van der Waals surface area contributed by atoms with E-state index in [4.69, 9.17) is 0 Å². The molecule has 3 rings (SSSR count). The molecule has 9 heteroatoms. The summed E-state index contributed by atoms with van der Waals surface area (Å²) in [6.45, 7) is 0.834. The Labute approximate surface area is 166 Å². The van der Waals surface area contributed by atoms with Gasteiger partial charge in [0.2, 0.25) is 11.8 Å². The first kappa shape index (κ1) is 20.0. The molecule has 0 aromatic heterocycles. The van der Waals surface area contributed by atoms with Gasteiger partial charge in [0, 0.05) is 55.0 Å². The van der Waals surface area contributed by atoms with Crippen LogP contribution in [0.15, 0.2) is 48.5 Å². The molecule has 1 saturated heterocycles. The number of rotatable bonds is 7. The van der Waals surface area contributed by atoms with Crippen molar-refractivity contribution < 1.29 is 19.3 Å². The van der Waals surface area contributed by atoms with E-state index in [1.165, 1.54) is 24.3 Å². The van der Waals surface area contributed by atoms with Gasteiger partial charge >= 0.3 is 0 Å². The summed E-state index contributed by atoms with van der Waals surface area (Å²) in [6.07, 6.45) is 1.48. The average molecular weight is 396 g/mol. The Morgan fingerprint density at radius 2 is 1.76 bits per heavy atom. The maximum Gasteiger partial charge on any atom is 0.269 e. The predicted octanol–water partition coefficient (Wildman–Crippen LogP) is 2.48. The normalized spacial score (nSPS) is 13.2. The molecule has 1 aliphatic heterocycles. The largest absolute Gasteiger partial charge is 0.352 e. The van der Waals surface area contributed by atoms with Crippen molar-refractivity contribution in [3.8, 4) is 0 Å². The molecule has 0 unspecified atom stereocenters. The van der Waals surface area contributed by atoms with E-state index < -0.39 is 10.8 Å². The first-order valence-corrected chi connectivity index (χ1v) is 9.17. The number of anilines is 2. The number of carbonyl (C=O) groups is 3. The Morgan fingerprint density at radius 3 is 2.34 bits per heavy atom. The van der Waals surface area contributed by atoms with Crippen LogP contribution in [0.4, 0.5) is 17.1 Å². The van der Waals surface area contributed by atoms with Crippen LogP contribution in [0.1, 0.15) is 29.6 Å². The second kappa shape index (κ2) is 8.96. The molecular formula is C20H20N4O5. The van der Waals surface area contributed by atoms with Crippen molar-refractivity contribution in [2.24, 2.45) is 0 Å². The third-order valence-corrected chi connectivity index (χ3v) is 4.51. The van der Waals surface area contributed by atoms with Crippen LogP contribution in [0.3, 0.4) is 0 Å². The standard InChI is InChI=1S/C20H20N4O5/c25-18(11-12-21-20(27)14-3-7-17(8-4-14)24(28)29)22-15-5-9-16(10-6-15)23-13-1-2-19(23)26/h3-10H,1-2,11-13H2,(H,21,27)(H,22,25). The van der Waals surface area contributed by atoms with Crippen molar-refractivity contribution in [2.45, 2.75) is 19.3 Å². The monoisotopic (exact) mass is 396 g/mol. The van der Waals surface area contributed by atoms with E-state index in [0.29, 0.717) is 18.7 Å². The predicted molar refractivity (Wildman–Crippen MR) is 107 cm³/mol. The summed E-state index contributed by atoms with van der Waals surface area (Å²) < 4.78 is 0. The van der Waals surface area contributed by atoms with Crippen molar-refractivity contribution in [1.29, 1.82) is 0 Å². The molecule has 0 spiro atoms. The fraction of sp³-hybridized carbons (Fsp3) is 0.250. The van der Waals surface area contributed by atoms with Gasteiger partial charge in [-0.25, -0.2) is 0 Å². The summed E-state index contributed by atoms with van der Waals surface area (Å²) in [5.41, 5.74) is 1.59. The lowest BCUT2D eigenvalue weighted by atomic mass is 10.2. The smallest absolute Gasteiger partial charge is 0.269 e. The van der Waals surface area contributed by atoms with E-state index in [1.54, 1.807) is 29.2 Å². The van der Waals surface area contributed by atoms with E-state index in [2.05, 4.69) is 10.6 Å². The Bertz CT molecular complexity index is 925. The molecule has 1 fully saturated rings. The number of benzene rings is 2. The molecule has 150 valence electrons. The summed E-state index contributed by atoms with van der Waals surface area (Å²) in [5, 5.41) is 16.0. The van der Waals surface area contributed by atoms with E-state index in [9.17, 15) is 24.5 Å². The number of nitrogens with one attached hydrogen (secondary N) is 2. The number of nitro benzene ring substituents is 1. The maximum atomic E-state index is 12.0. The number of hydrogen-bond donors (Lipinski definition) is 2. The lowest BCUT2D eigenvalue weighted by molar-refractivity contribution is -0.384. The first-order chi connectivity index (χ1) is 13.9. The van der Waals surface area contributed by atoms with Crippen molar-refractivity contribution >= 4 is 34.8 Å². The molecule has 29 heavy (non-hydrogen) atoms. The van der Waals surface area contributed by atoms with Gasteiger partial charge in [-0.15, -0.1) is 0 Å². The van der Waals surface area contributed by atoms with Crippen LogP contribution in [0.5, 0.6) is 0 Å². The fourth-order valence-corrected chi connectivity index (χ4v) is 3.00. The van der Waals surface area contributed by atoms with Crippen LogP contribution in [-0.2, 0) is 9.59 Å². The van der Waals surface area contributed by atoms with E-state index >= 15 is 0 Å². The highest BCUT2D eigenvalue weighted by Crippen LogP contribution is 2.23. The SMILES string of the molecule is O=C(CCNC(=O)c1ccc([N+](=O)[O-])cc1)Nc1ccc(N2CCCC2=O)cc1. The third-order valence-electron chi connectivity index (χ3n) is 4.51. The number of carbonyl (C=O) groups excluding carboxylic acids is 3. The number of nitro groups is 1. The minimum Gasteiger partial charge on any atom is -0.352 e. The molecule has 0 aliphatic carbocycles. The van der Waals surface area contributed by atoms with Gasteiger partial charge in [-0.1, -0.05) is 0 Å². The molecule has 0 radical (unpaired) electrons. The molecule has 3 amide bonds. The van der Waals surface area contributed by atoms with Gasteiger partial charge in [0.1, 0.15) is 0 Å². The Kier molecular flexibility index (Phi) is 6.18. The zero-order chi connectivity index (χ0) is 20.8. The van der Waals surface area contributed by atoms with Crippen molar-refractivity contribution in [2.75, 3.05) is 23.3 Å². The van der Waals surface area contributed by atoms with Crippen LogP contribution < -0.4 is 15.5 Å². The lowest BCUT2D eigenvalue weighted by Gasteiger charge is -2.16. The van der Waals surface area contributed by atoms with Gasteiger partial charge in [-0.2, -0.15) is 0 Å². The van der Waals surface area contributed by atoms with Crippen LogP contribution in [-0.4, -0.2) is 35.7 Å². The summed E-state index contributed by atoms with van der Waals surface area (Å²) in [7, 11) is 0. The van der Waals surface area contributed by atoms with Gasteiger partial charge in [0.25, 0.3) is 11.6 Å². The quantitative estimate of drug-likeness (QED) is 0.550. The summed E-state index contributed by atoms with van der Waals surface area (Å²) in [4.78, 5) is 47.6. The van der Waals surface area contributed by atoms with Gasteiger partial charge in [-0.05, 0) is 42.8 Å². The number of hydrogen-bond acceptors (Lipinski definition) is 5. The zero-order valence-corrected chi connectivity index (χ0v) is 15.6. The van der Waals surface area contributed by atoms with Crippen molar-refractivity contribution in [3.63, 3.8) is 0 Å². The highest BCUT2D eigenvalue weighted by atomic mass is 16.6. The number of amides is 3. The van der Waals surface area contributed by atoms with Crippen molar-refractivity contribution in [3.05, 3.63) is 64.2 Å². The maximum absolute atomic E-state index is 12.0. The summed E-state index contributed by atoms with van der Waals surface area (Å²) in [5.74, 6) is -0.572. The van der Waals surface area contributed by atoms with Gasteiger partial charge in [0.05, 0.1) is 4.92 Å². The van der Waals surface area contributed by atoms with Crippen LogP contribution in [0.2, 0.25) is 0 Å². The number of non-ortho nitro benzene ring substituents is 1. The Morgan fingerprint density at radius 1 is 1.07 bits per heavy atom. The molecule has 1 heterocycles. The fourth-order valence-electron chi connectivity index (χ4n) is 3.00. The molecule has 2 N–H and O–H groups in total. The second-order valence-corrected chi connectivity index (χ2v) is 6.55. The second-order valence-electron chi connectivity index (χ2n) is 6.55. The van der Waals surface area contributed by atoms with E-state index in [0.717, 1.165) is 12.1 Å². The van der Waals surface area contributed by atoms with Gasteiger partial charge in [0.15, 0.2) is 0 Å². The molecular weight excluding hydrogens is 376 g/mol. The zero-order valence-electron chi connectivity index (χ0n) is 15.6. The van der Waals surface area contributed by atoms with Crippen LogP contribution >= 0.6 is 0 Å². The lowest BCUT2D eigenvalue weighted by Crippen LogP contribution is -2.27.